The average Bonchev–Trinajstić information content (AvgIpc) is 2.80. The molecule has 1 aromatic heterocycles. The van der Waals surface area contributed by atoms with Crippen molar-refractivity contribution in [2.24, 2.45) is 0 Å². The van der Waals surface area contributed by atoms with Gasteiger partial charge in [-0.1, -0.05) is 17.3 Å². The minimum atomic E-state index is 0.632. The van der Waals surface area contributed by atoms with E-state index in [9.17, 15) is 0 Å². The lowest BCUT2D eigenvalue weighted by Gasteiger charge is -1.97. The zero-order valence-electron chi connectivity index (χ0n) is 10.4. The molecular weight excluding hydrogens is 230 g/mol. The highest BCUT2D eigenvalue weighted by molar-refractivity contribution is 5.39. The normalized spacial score (nSPS) is 10.7. The molecule has 0 bridgehead atoms. The van der Waals surface area contributed by atoms with Gasteiger partial charge in [-0.25, -0.2) is 0 Å². The lowest BCUT2D eigenvalue weighted by Crippen LogP contribution is -1.95. The van der Waals surface area contributed by atoms with E-state index in [1.165, 1.54) is 0 Å². The van der Waals surface area contributed by atoms with Crippen LogP contribution in [0.3, 0.4) is 0 Å². The van der Waals surface area contributed by atoms with Crippen LogP contribution >= 0.6 is 0 Å². The molecule has 0 unspecified atom stereocenters. The molecule has 18 heavy (non-hydrogen) atoms. The van der Waals surface area contributed by atoms with E-state index in [2.05, 4.69) is 10.1 Å². The lowest BCUT2D eigenvalue weighted by atomic mass is 10.1. The molecule has 1 aromatic carbocycles. The summed E-state index contributed by atoms with van der Waals surface area (Å²) in [7, 11) is 1.68. The molecule has 0 spiro atoms. The Hall–Kier alpha value is -1.88. The number of aromatic nitrogens is 2. The molecule has 5 heteroatoms. The number of hydrogen-bond acceptors (Lipinski definition) is 5. The number of nitrogen functional groups attached to an aromatic ring is 1. The van der Waals surface area contributed by atoms with Crippen molar-refractivity contribution in [1.29, 1.82) is 0 Å². The zero-order chi connectivity index (χ0) is 12.8. The predicted octanol–water partition coefficient (Wildman–Crippen LogP) is 1.82. The Morgan fingerprint density at radius 3 is 2.78 bits per heavy atom. The first kappa shape index (κ1) is 12.6. The largest absolute Gasteiger partial charge is 0.399 e. The molecule has 0 saturated heterocycles. The highest BCUT2D eigenvalue weighted by atomic mass is 16.5. The third-order valence-electron chi connectivity index (χ3n) is 2.59. The van der Waals surface area contributed by atoms with Crippen LogP contribution in [0.5, 0.6) is 0 Å². The highest BCUT2D eigenvalue weighted by Gasteiger charge is 2.06. The molecule has 0 aliphatic carbocycles. The maximum atomic E-state index is 5.63. The second-order valence-corrected chi connectivity index (χ2v) is 4.12. The van der Waals surface area contributed by atoms with Gasteiger partial charge >= 0.3 is 0 Å². The Morgan fingerprint density at radius 2 is 2.06 bits per heavy atom. The maximum Gasteiger partial charge on any atom is 0.231 e. The van der Waals surface area contributed by atoms with Gasteiger partial charge in [0.1, 0.15) is 0 Å². The van der Waals surface area contributed by atoms with E-state index >= 15 is 0 Å². The zero-order valence-corrected chi connectivity index (χ0v) is 10.4. The Kier molecular flexibility index (Phi) is 4.30. The molecule has 96 valence electrons. The molecule has 5 nitrogen and oxygen atoms in total. The van der Waals surface area contributed by atoms with Crippen molar-refractivity contribution < 1.29 is 9.26 Å². The molecule has 0 saturated carbocycles. The van der Waals surface area contributed by atoms with Crippen molar-refractivity contribution in [3.8, 4) is 0 Å². The molecule has 2 aromatic rings. The van der Waals surface area contributed by atoms with Gasteiger partial charge in [-0.2, -0.15) is 4.98 Å². The summed E-state index contributed by atoms with van der Waals surface area (Å²) in [6.07, 6.45) is 2.31. The van der Waals surface area contributed by atoms with Crippen LogP contribution in [0.15, 0.2) is 28.8 Å². The van der Waals surface area contributed by atoms with Crippen molar-refractivity contribution in [3.05, 3.63) is 41.5 Å². The Morgan fingerprint density at radius 1 is 1.28 bits per heavy atom. The fraction of sp³-hybridized carbons (Fsp3) is 0.385. The first-order chi connectivity index (χ1) is 8.78. The van der Waals surface area contributed by atoms with E-state index < -0.39 is 0 Å². The van der Waals surface area contributed by atoms with E-state index in [1.807, 2.05) is 24.3 Å². The summed E-state index contributed by atoms with van der Waals surface area (Å²) < 4.78 is 10.2. The molecule has 0 radical (unpaired) electrons. The molecule has 0 aliphatic heterocycles. The minimum Gasteiger partial charge on any atom is -0.399 e. The number of nitrogens with two attached hydrogens (primary N) is 1. The first-order valence-corrected chi connectivity index (χ1v) is 5.93. The molecule has 1 heterocycles. The van der Waals surface area contributed by atoms with Gasteiger partial charge in [-0.05, 0) is 24.1 Å². The lowest BCUT2D eigenvalue weighted by molar-refractivity contribution is 0.194. The summed E-state index contributed by atoms with van der Waals surface area (Å²) in [5.74, 6) is 1.37. The number of benzene rings is 1. The molecule has 0 aliphatic rings. The van der Waals surface area contributed by atoms with Crippen LogP contribution in [0.2, 0.25) is 0 Å². The third kappa shape index (κ3) is 3.56. The maximum absolute atomic E-state index is 5.63. The summed E-state index contributed by atoms with van der Waals surface area (Å²) in [5, 5.41) is 3.94. The summed E-state index contributed by atoms with van der Waals surface area (Å²) in [6.45, 7) is 0.710. The van der Waals surface area contributed by atoms with Gasteiger partial charge in [0.15, 0.2) is 5.82 Å². The second kappa shape index (κ2) is 6.16. The molecule has 0 amide bonds. The van der Waals surface area contributed by atoms with Gasteiger partial charge in [0.05, 0.1) is 6.42 Å². The first-order valence-electron chi connectivity index (χ1n) is 5.93. The van der Waals surface area contributed by atoms with Crippen molar-refractivity contribution in [2.75, 3.05) is 19.5 Å². The Labute approximate surface area is 106 Å². The van der Waals surface area contributed by atoms with Crippen LogP contribution in [0, 0.1) is 0 Å². The van der Waals surface area contributed by atoms with Gasteiger partial charge < -0.3 is 15.0 Å². The van der Waals surface area contributed by atoms with Crippen molar-refractivity contribution in [1.82, 2.24) is 10.1 Å². The summed E-state index contributed by atoms with van der Waals surface area (Å²) in [6, 6.07) is 7.66. The van der Waals surface area contributed by atoms with Crippen LogP contribution < -0.4 is 5.73 Å². The SMILES string of the molecule is COCCCc1noc(Cc2ccc(N)cc2)n1. The topological polar surface area (TPSA) is 74.2 Å². The van der Waals surface area contributed by atoms with E-state index in [4.69, 9.17) is 15.0 Å². The predicted molar refractivity (Wildman–Crippen MR) is 68.2 cm³/mol. The van der Waals surface area contributed by atoms with Crippen LogP contribution in [0.1, 0.15) is 23.7 Å². The molecule has 0 fully saturated rings. The fourth-order valence-electron chi connectivity index (χ4n) is 1.65. The third-order valence-corrected chi connectivity index (χ3v) is 2.59. The van der Waals surface area contributed by atoms with Gasteiger partial charge in [-0.3, -0.25) is 0 Å². The number of hydrogen-bond donors (Lipinski definition) is 1. The van der Waals surface area contributed by atoms with Gasteiger partial charge in [0, 0.05) is 25.8 Å². The average molecular weight is 247 g/mol. The smallest absolute Gasteiger partial charge is 0.231 e. The van der Waals surface area contributed by atoms with Crippen LogP contribution in [-0.2, 0) is 17.6 Å². The Balaban J connectivity index is 1.91. The van der Waals surface area contributed by atoms with Crippen LogP contribution in [-0.4, -0.2) is 23.9 Å². The standard InChI is InChI=1S/C13H17N3O2/c1-17-8-2-3-12-15-13(18-16-12)9-10-4-6-11(14)7-5-10/h4-7H,2-3,8-9,14H2,1H3. The quantitative estimate of drug-likeness (QED) is 0.622. The minimum absolute atomic E-state index is 0.632. The van der Waals surface area contributed by atoms with Crippen molar-refractivity contribution >= 4 is 5.69 Å². The van der Waals surface area contributed by atoms with Gasteiger partial charge in [0.25, 0.3) is 0 Å². The van der Waals surface area contributed by atoms with Crippen LogP contribution in [0.25, 0.3) is 0 Å². The van der Waals surface area contributed by atoms with E-state index in [-0.39, 0.29) is 0 Å². The molecule has 0 atom stereocenters. The molecular formula is C13H17N3O2. The summed E-state index contributed by atoms with van der Waals surface area (Å²) in [4.78, 5) is 4.34. The number of nitrogens with zero attached hydrogens (tertiary/aromatic N) is 2. The van der Waals surface area contributed by atoms with Crippen molar-refractivity contribution in [3.63, 3.8) is 0 Å². The number of rotatable bonds is 6. The molecule has 2 N–H and O–H groups in total. The van der Waals surface area contributed by atoms with Crippen LogP contribution in [0.4, 0.5) is 5.69 Å². The fourth-order valence-corrected chi connectivity index (χ4v) is 1.65. The van der Waals surface area contributed by atoms with Gasteiger partial charge in [-0.15, -0.1) is 0 Å². The number of aryl methyl sites for hydroxylation is 1. The summed E-state index contributed by atoms with van der Waals surface area (Å²) >= 11 is 0. The van der Waals surface area contributed by atoms with E-state index in [0.29, 0.717) is 18.9 Å². The number of ether oxygens (including phenoxy) is 1. The Bertz CT molecular complexity index is 479. The highest BCUT2D eigenvalue weighted by Crippen LogP contribution is 2.10. The monoisotopic (exact) mass is 247 g/mol. The number of anilines is 1. The number of methoxy groups -OCH3 is 1. The summed E-state index contributed by atoms with van der Waals surface area (Å²) in [5.41, 5.74) is 7.49. The van der Waals surface area contributed by atoms with E-state index in [1.54, 1.807) is 7.11 Å². The van der Waals surface area contributed by atoms with Gasteiger partial charge in [0.2, 0.25) is 5.89 Å². The van der Waals surface area contributed by atoms with Crippen molar-refractivity contribution in [2.45, 2.75) is 19.3 Å². The molecule has 2 rings (SSSR count). The second-order valence-electron chi connectivity index (χ2n) is 4.12. The van der Waals surface area contributed by atoms with E-state index in [0.717, 1.165) is 29.9 Å².